The highest BCUT2D eigenvalue weighted by atomic mass is 16.3. The molecule has 1 atom stereocenters. The van der Waals surface area contributed by atoms with E-state index in [1.807, 2.05) is 36.4 Å². The molecule has 2 N–H and O–H groups in total. The van der Waals surface area contributed by atoms with Crippen molar-refractivity contribution >= 4 is 16.8 Å². The highest BCUT2D eigenvalue weighted by molar-refractivity contribution is 6.07. The second-order valence-electron chi connectivity index (χ2n) is 5.70. The van der Waals surface area contributed by atoms with Gasteiger partial charge in [-0.25, -0.2) is 4.98 Å². The molecule has 122 valence electrons. The Hall–Kier alpha value is -2.79. The Balaban J connectivity index is 2.00. The van der Waals surface area contributed by atoms with E-state index in [1.54, 1.807) is 25.4 Å². The third-order valence-electron chi connectivity index (χ3n) is 3.78. The zero-order valence-electron chi connectivity index (χ0n) is 13.4. The van der Waals surface area contributed by atoms with Gasteiger partial charge in [0.25, 0.3) is 5.91 Å². The molecule has 0 aliphatic rings. The third-order valence-corrected chi connectivity index (χ3v) is 3.78. The number of benzene rings is 1. The smallest absolute Gasteiger partial charge is 0.252 e. The van der Waals surface area contributed by atoms with E-state index in [0.717, 1.165) is 22.2 Å². The molecule has 0 fully saturated rings. The molecular weight excluding hydrogens is 302 g/mol. The first-order chi connectivity index (χ1) is 11.6. The Morgan fingerprint density at radius 3 is 2.71 bits per heavy atom. The van der Waals surface area contributed by atoms with Gasteiger partial charge in [0.05, 0.1) is 22.9 Å². The van der Waals surface area contributed by atoms with Crippen LogP contribution in [0.4, 0.5) is 0 Å². The molecule has 0 radical (unpaired) electrons. The normalized spacial score (nSPS) is 12.1. The van der Waals surface area contributed by atoms with Crippen LogP contribution in [0.25, 0.3) is 22.2 Å². The van der Waals surface area contributed by atoms with Crippen molar-refractivity contribution in [2.45, 2.75) is 19.4 Å². The molecular formula is C19H19N3O2. The minimum atomic E-state index is -0.438. The van der Waals surface area contributed by atoms with E-state index >= 15 is 0 Å². The number of fused-ring (bicyclic) bond motifs is 1. The number of nitrogens with zero attached hydrogens (tertiary/aromatic N) is 2. The van der Waals surface area contributed by atoms with Crippen molar-refractivity contribution in [1.82, 2.24) is 15.3 Å². The van der Waals surface area contributed by atoms with Gasteiger partial charge in [-0.05, 0) is 37.6 Å². The molecule has 0 bridgehead atoms. The fraction of sp³-hybridized carbons (Fsp3) is 0.211. The molecule has 24 heavy (non-hydrogen) atoms. The molecule has 2 heterocycles. The lowest BCUT2D eigenvalue weighted by molar-refractivity contribution is 0.0947. The summed E-state index contributed by atoms with van der Waals surface area (Å²) in [6.07, 6.45) is 3.49. The first-order valence-corrected chi connectivity index (χ1v) is 7.91. The molecule has 3 aromatic rings. The Kier molecular flexibility index (Phi) is 4.82. The number of pyridine rings is 2. The van der Waals surface area contributed by atoms with Crippen LogP contribution in [0, 0.1) is 0 Å². The molecule has 0 spiro atoms. The zero-order valence-corrected chi connectivity index (χ0v) is 13.4. The van der Waals surface area contributed by atoms with Crippen molar-refractivity contribution in [3.8, 4) is 11.3 Å². The number of hydrogen-bond acceptors (Lipinski definition) is 4. The van der Waals surface area contributed by atoms with Gasteiger partial charge in [-0.1, -0.05) is 18.2 Å². The molecule has 1 unspecified atom stereocenters. The predicted octanol–water partition coefficient (Wildman–Crippen LogP) is 2.80. The van der Waals surface area contributed by atoms with Crippen molar-refractivity contribution in [3.63, 3.8) is 0 Å². The van der Waals surface area contributed by atoms with Crippen LogP contribution in [-0.2, 0) is 0 Å². The number of hydrogen-bond donors (Lipinski definition) is 2. The van der Waals surface area contributed by atoms with Crippen molar-refractivity contribution in [2.24, 2.45) is 0 Å². The van der Waals surface area contributed by atoms with Crippen LogP contribution in [0.5, 0.6) is 0 Å². The average Bonchev–Trinajstić information content (AvgIpc) is 2.61. The van der Waals surface area contributed by atoms with Crippen LogP contribution >= 0.6 is 0 Å². The van der Waals surface area contributed by atoms with E-state index in [9.17, 15) is 9.90 Å². The van der Waals surface area contributed by atoms with Gasteiger partial charge in [-0.3, -0.25) is 9.78 Å². The summed E-state index contributed by atoms with van der Waals surface area (Å²) in [6.45, 7) is 2.13. The quantitative estimate of drug-likeness (QED) is 0.758. The lowest BCUT2D eigenvalue weighted by atomic mass is 10.0. The molecule has 1 amide bonds. The van der Waals surface area contributed by atoms with E-state index in [2.05, 4.69) is 15.3 Å². The predicted molar refractivity (Wildman–Crippen MR) is 93.6 cm³/mol. The Labute approximate surface area is 140 Å². The van der Waals surface area contributed by atoms with E-state index < -0.39 is 6.10 Å². The van der Waals surface area contributed by atoms with Gasteiger partial charge in [0.1, 0.15) is 0 Å². The number of carbonyl (C=O) groups excluding carboxylic acids is 1. The Bertz CT molecular complexity index is 848. The molecule has 0 saturated heterocycles. The fourth-order valence-electron chi connectivity index (χ4n) is 2.52. The zero-order chi connectivity index (χ0) is 16.9. The summed E-state index contributed by atoms with van der Waals surface area (Å²) in [6, 6.07) is 13.1. The topological polar surface area (TPSA) is 75.1 Å². The van der Waals surface area contributed by atoms with Crippen molar-refractivity contribution in [3.05, 3.63) is 60.4 Å². The lowest BCUT2D eigenvalue weighted by Crippen LogP contribution is -2.26. The van der Waals surface area contributed by atoms with Crippen molar-refractivity contribution in [2.75, 3.05) is 6.54 Å². The Morgan fingerprint density at radius 1 is 1.21 bits per heavy atom. The highest BCUT2D eigenvalue weighted by Gasteiger charge is 2.13. The van der Waals surface area contributed by atoms with Crippen LogP contribution in [0.15, 0.2) is 54.9 Å². The second kappa shape index (κ2) is 7.19. The summed E-state index contributed by atoms with van der Waals surface area (Å²) in [5.41, 5.74) is 3.00. The van der Waals surface area contributed by atoms with Crippen LogP contribution in [0.1, 0.15) is 23.7 Å². The van der Waals surface area contributed by atoms with Gasteiger partial charge in [-0.2, -0.15) is 0 Å². The molecule has 5 nitrogen and oxygen atoms in total. The van der Waals surface area contributed by atoms with E-state index in [4.69, 9.17) is 0 Å². The van der Waals surface area contributed by atoms with Gasteiger partial charge in [0.2, 0.25) is 0 Å². The number of carbonyl (C=O) groups is 1. The van der Waals surface area contributed by atoms with Gasteiger partial charge in [0.15, 0.2) is 0 Å². The summed E-state index contributed by atoms with van der Waals surface area (Å²) in [5, 5.41) is 13.0. The maximum absolute atomic E-state index is 12.6. The fourth-order valence-corrected chi connectivity index (χ4v) is 2.52. The molecule has 0 aliphatic heterocycles. The minimum absolute atomic E-state index is 0.162. The molecule has 5 heteroatoms. The summed E-state index contributed by atoms with van der Waals surface area (Å²) in [5.74, 6) is -0.162. The molecule has 0 aliphatic carbocycles. The number of aromatic nitrogens is 2. The molecule has 1 aromatic carbocycles. The first kappa shape index (κ1) is 16.1. The summed E-state index contributed by atoms with van der Waals surface area (Å²) in [7, 11) is 0. The number of aliphatic hydroxyl groups is 1. The van der Waals surface area contributed by atoms with Crippen LogP contribution in [0.3, 0.4) is 0 Å². The number of rotatable bonds is 5. The van der Waals surface area contributed by atoms with E-state index in [-0.39, 0.29) is 5.91 Å². The van der Waals surface area contributed by atoms with Crippen molar-refractivity contribution < 1.29 is 9.90 Å². The van der Waals surface area contributed by atoms with Crippen LogP contribution in [-0.4, -0.2) is 33.6 Å². The summed E-state index contributed by atoms with van der Waals surface area (Å²) < 4.78 is 0. The Morgan fingerprint density at radius 2 is 1.96 bits per heavy atom. The second-order valence-corrected chi connectivity index (χ2v) is 5.70. The largest absolute Gasteiger partial charge is 0.393 e. The highest BCUT2D eigenvalue weighted by Crippen LogP contribution is 2.24. The first-order valence-electron chi connectivity index (χ1n) is 7.91. The molecule has 3 rings (SSSR count). The maximum Gasteiger partial charge on any atom is 0.252 e. The number of nitrogens with one attached hydrogen (secondary N) is 1. The minimum Gasteiger partial charge on any atom is -0.393 e. The molecule has 0 saturated carbocycles. The van der Waals surface area contributed by atoms with Gasteiger partial charge < -0.3 is 10.4 Å². The maximum atomic E-state index is 12.6. The number of para-hydroxylation sites is 1. The van der Waals surface area contributed by atoms with Crippen molar-refractivity contribution in [1.29, 1.82) is 0 Å². The summed E-state index contributed by atoms with van der Waals surface area (Å²) in [4.78, 5) is 21.3. The molecule has 2 aromatic heterocycles. The van der Waals surface area contributed by atoms with Gasteiger partial charge >= 0.3 is 0 Å². The van der Waals surface area contributed by atoms with E-state index in [0.29, 0.717) is 18.5 Å². The van der Waals surface area contributed by atoms with Crippen LogP contribution in [0.2, 0.25) is 0 Å². The van der Waals surface area contributed by atoms with Crippen LogP contribution < -0.4 is 5.32 Å². The van der Waals surface area contributed by atoms with Gasteiger partial charge in [-0.15, -0.1) is 0 Å². The van der Waals surface area contributed by atoms with Gasteiger partial charge in [0, 0.05) is 29.9 Å². The summed E-state index contributed by atoms with van der Waals surface area (Å²) >= 11 is 0. The van der Waals surface area contributed by atoms with E-state index in [1.165, 1.54) is 0 Å². The SMILES string of the molecule is CC(O)CCNC(=O)c1cc(-c2ccncc2)nc2ccccc12. The third kappa shape index (κ3) is 3.58. The monoisotopic (exact) mass is 321 g/mol. The average molecular weight is 321 g/mol. The lowest BCUT2D eigenvalue weighted by Gasteiger charge is -2.11. The number of aliphatic hydroxyl groups excluding tert-OH is 1. The number of amides is 1. The standard InChI is InChI=1S/C19H19N3O2/c1-13(23)6-11-21-19(24)16-12-18(14-7-9-20-10-8-14)22-17-5-3-2-4-15(16)17/h2-5,7-10,12-13,23H,6,11H2,1H3,(H,21,24).